The Labute approximate surface area is 154 Å². The Kier molecular flexibility index (Phi) is 11.1. The number of hydrogen-bond acceptors (Lipinski definition) is 4. The molecule has 0 fully saturated rings. The van der Waals surface area contributed by atoms with Gasteiger partial charge in [-0.2, -0.15) is 24.9 Å². The van der Waals surface area contributed by atoms with Gasteiger partial charge in [0.05, 0.1) is 0 Å². The molecule has 0 aliphatic rings. The minimum Gasteiger partial charge on any atom is -0.468 e. The standard InChI is InChI=1S/C13H19F3N4OS.HI/c1-17-12(19-5-6-22-2)20-8-10-3-4-18-11(7-10)21-9-13(14,15)16;/h3-4,7H,5-6,8-9H2,1-2H3,(H2,17,19,20);1H. The Hall–Kier alpha value is -0.910. The van der Waals surface area contributed by atoms with Crippen molar-refractivity contribution >= 4 is 41.7 Å². The molecule has 1 aromatic heterocycles. The molecule has 0 saturated heterocycles. The highest BCUT2D eigenvalue weighted by molar-refractivity contribution is 14.0. The Balaban J connectivity index is 0.00000484. The van der Waals surface area contributed by atoms with Gasteiger partial charge in [0, 0.05) is 38.2 Å². The van der Waals surface area contributed by atoms with Crippen LogP contribution in [0.3, 0.4) is 0 Å². The molecule has 1 rings (SSSR count). The number of thioether (sulfide) groups is 1. The molecule has 0 aromatic carbocycles. The van der Waals surface area contributed by atoms with Crippen LogP contribution >= 0.6 is 35.7 Å². The van der Waals surface area contributed by atoms with E-state index in [1.54, 1.807) is 24.9 Å². The van der Waals surface area contributed by atoms with Crippen molar-refractivity contribution in [1.29, 1.82) is 0 Å². The highest BCUT2D eigenvalue weighted by Crippen LogP contribution is 2.17. The summed E-state index contributed by atoms with van der Waals surface area (Å²) in [5.41, 5.74) is 0.750. The predicted molar refractivity (Wildman–Crippen MR) is 97.8 cm³/mol. The lowest BCUT2D eigenvalue weighted by Crippen LogP contribution is -2.37. The van der Waals surface area contributed by atoms with Crippen LogP contribution in [0.5, 0.6) is 5.88 Å². The number of aliphatic imine (C=N–C) groups is 1. The van der Waals surface area contributed by atoms with Gasteiger partial charge in [-0.3, -0.25) is 4.99 Å². The Morgan fingerprint density at radius 3 is 2.74 bits per heavy atom. The lowest BCUT2D eigenvalue weighted by Gasteiger charge is -2.12. The van der Waals surface area contributed by atoms with Crippen molar-refractivity contribution in [3.8, 4) is 5.88 Å². The number of hydrogen-bond donors (Lipinski definition) is 2. The lowest BCUT2D eigenvalue weighted by atomic mass is 10.2. The Morgan fingerprint density at radius 2 is 2.13 bits per heavy atom. The van der Waals surface area contributed by atoms with Crippen molar-refractivity contribution in [1.82, 2.24) is 15.6 Å². The van der Waals surface area contributed by atoms with Gasteiger partial charge < -0.3 is 15.4 Å². The molecular weight excluding hydrogens is 444 g/mol. The van der Waals surface area contributed by atoms with Crippen LogP contribution in [-0.2, 0) is 6.54 Å². The fraction of sp³-hybridized carbons (Fsp3) is 0.538. The van der Waals surface area contributed by atoms with Crippen LogP contribution in [-0.4, -0.2) is 49.3 Å². The summed E-state index contributed by atoms with van der Waals surface area (Å²) in [4.78, 5) is 7.81. The summed E-state index contributed by atoms with van der Waals surface area (Å²) in [6.45, 7) is -0.171. The highest BCUT2D eigenvalue weighted by Gasteiger charge is 2.28. The second kappa shape index (κ2) is 11.6. The van der Waals surface area contributed by atoms with Crippen LogP contribution in [0.2, 0.25) is 0 Å². The van der Waals surface area contributed by atoms with E-state index in [1.165, 1.54) is 12.3 Å². The number of aromatic nitrogens is 1. The minimum absolute atomic E-state index is 0. The molecule has 10 heteroatoms. The molecule has 0 aliphatic carbocycles. The third-order valence-corrected chi connectivity index (χ3v) is 3.08. The van der Waals surface area contributed by atoms with Gasteiger partial charge in [0.15, 0.2) is 12.6 Å². The zero-order chi connectivity index (χ0) is 16.4. The van der Waals surface area contributed by atoms with Crippen molar-refractivity contribution in [3.05, 3.63) is 23.9 Å². The molecule has 0 spiro atoms. The van der Waals surface area contributed by atoms with Crippen LogP contribution in [0.15, 0.2) is 23.3 Å². The maximum Gasteiger partial charge on any atom is 0.422 e. The van der Waals surface area contributed by atoms with E-state index in [0.717, 1.165) is 17.9 Å². The molecule has 1 heterocycles. The van der Waals surface area contributed by atoms with E-state index in [-0.39, 0.29) is 29.9 Å². The minimum atomic E-state index is -4.38. The molecule has 23 heavy (non-hydrogen) atoms. The first kappa shape index (κ1) is 22.1. The summed E-state index contributed by atoms with van der Waals surface area (Å²) in [6, 6.07) is 3.16. The van der Waals surface area contributed by atoms with Crippen molar-refractivity contribution in [2.45, 2.75) is 12.7 Å². The van der Waals surface area contributed by atoms with Gasteiger partial charge in [-0.1, -0.05) is 0 Å². The van der Waals surface area contributed by atoms with Crippen LogP contribution < -0.4 is 15.4 Å². The highest BCUT2D eigenvalue weighted by atomic mass is 127. The van der Waals surface area contributed by atoms with Gasteiger partial charge in [0.25, 0.3) is 0 Å². The third-order valence-electron chi connectivity index (χ3n) is 2.47. The van der Waals surface area contributed by atoms with Crippen molar-refractivity contribution in [2.24, 2.45) is 4.99 Å². The fourth-order valence-corrected chi connectivity index (χ4v) is 1.78. The monoisotopic (exact) mass is 464 g/mol. The van der Waals surface area contributed by atoms with E-state index in [4.69, 9.17) is 0 Å². The van der Waals surface area contributed by atoms with Gasteiger partial charge in [0.2, 0.25) is 5.88 Å². The molecule has 1 aromatic rings. The molecule has 0 unspecified atom stereocenters. The normalized spacial score (nSPS) is 11.6. The van der Waals surface area contributed by atoms with Gasteiger partial charge in [0.1, 0.15) is 0 Å². The predicted octanol–water partition coefficient (Wildman–Crippen LogP) is 2.67. The topological polar surface area (TPSA) is 58.5 Å². The van der Waals surface area contributed by atoms with Crippen molar-refractivity contribution in [3.63, 3.8) is 0 Å². The van der Waals surface area contributed by atoms with Crippen LogP contribution in [0.4, 0.5) is 13.2 Å². The van der Waals surface area contributed by atoms with Crippen molar-refractivity contribution in [2.75, 3.05) is 32.2 Å². The number of nitrogens with zero attached hydrogens (tertiary/aromatic N) is 2. The first-order chi connectivity index (χ1) is 10.4. The van der Waals surface area contributed by atoms with E-state index in [9.17, 15) is 13.2 Å². The third kappa shape index (κ3) is 10.5. The summed E-state index contributed by atoms with van der Waals surface area (Å²) < 4.78 is 40.9. The van der Waals surface area contributed by atoms with E-state index in [1.807, 2.05) is 6.26 Å². The molecule has 0 atom stereocenters. The summed E-state index contributed by atoms with van der Waals surface area (Å²) in [6.07, 6.45) is -0.955. The molecule has 0 bridgehead atoms. The van der Waals surface area contributed by atoms with E-state index in [0.29, 0.717) is 12.5 Å². The number of nitrogens with one attached hydrogen (secondary N) is 2. The zero-order valence-electron chi connectivity index (χ0n) is 12.8. The Morgan fingerprint density at radius 1 is 1.39 bits per heavy atom. The summed E-state index contributed by atoms with van der Waals surface area (Å²) >= 11 is 1.72. The average molecular weight is 464 g/mol. The molecular formula is C13H20F3IN4OS. The van der Waals surface area contributed by atoms with E-state index >= 15 is 0 Å². The number of halogens is 4. The van der Waals surface area contributed by atoms with Gasteiger partial charge >= 0.3 is 6.18 Å². The maximum absolute atomic E-state index is 12.1. The second-order valence-corrected chi connectivity index (χ2v) is 5.24. The largest absolute Gasteiger partial charge is 0.468 e. The number of alkyl halides is 3. The molecule has 5 nitrogen and oxygen atoms in total. The molecule has 0 aliphatic heterocycles. The second-order valence-electron chi connectivity index (χ2n) is 4.25. The van der Waals surface area contributed by atoms with E-state index < -0.39 is 12.8 Å². The van der Waals surface area contributed by atoms with Gasteiger partial charge in [-0.25, -0.2) is 4.98 Å². The number of guanidine groups is 1. The first-order valence-electron chi connectivity index (χ1n) is 6.52. The average Bonchev–Trinajstić information content (AvgIpc) is 2.48. The van der Waals surface area contributed by atoms with Gasteiger partial charge in [-0.05, 0) is 17.9 Å². The molecule has 132 valence electrons. The summed E-state index contributed by atoms with van der Waals surface area (Å²) in [5.74, 6) is 1.52. The maximum atomic E-state index is 12.1. The summed E-state index contributed by atoms with van der Waals surface area (Å²) in [5, 5.41) is 6.19. The quantitative estimate of drug-likeness (QED) is 0.281. The van der Waals surface area contributed by atoms with E-state index in [2.05, 4.69) is 25.3 Å². The Bertz CT molecular complexity index is 489. The molecule has 2 N–H and O–H groups in total. The number of pyridine rings is 1. The van der Waals surface area contributed by atoms with Crippen LogP contribution in [0.1, 0.15) is 5.56 Å². The molecule has 0 amide bonds. The van der Waals surface area contributed by atoms with Crippen molar-refractivity contribution < 1.29 is 17.9 Å². The zero-order valence-corrected chi connectivity index (χ0v) is 16.0. The molecule has 0 radical (unpaired) electrons. The van der Waals surface area contributed by atoms with Gasteiger partial charge in [-0.15, -0.1) is 24.0 Å². The smallest absolute Gasteiger partial charge is 0.422 e. The first-order valence-corrected chi connectivity index (χ1v) is 7.92. The van der Waals surface area contributed by atoms with Crippen LogP contribution in [0, 0.1) is 0 Å². The number of rotatable bonds is 7. The molecule has 0 saturated carbocycles. The fourth-order valence-electron chi connectivity index (χ4n) is 1.47. The lowest BCUT2D eigenvalue weighted by molar-refractivity contribution is -0.154. The summed E-state index contributed by atoms with van der Waals surface area (Å²) in [7, 11) is 1.65. The van der Waals surface area contributed by atoms with Crippen LogP contribution in [0.25, 0.3) is 0 Å². The number of ether oxygens (including phenoxy) is 1. The SMILES string of the molecule is CN=C(NCCSC)NCc1ccnc(OCC(F)(F)F)c1.I.